The van der Waals surface area contributed by atoms with Crippen molar-refractivity contribution in [3.8, 4) is 0 Å². The van der Waals surface area contributed by atoms with E-state index in [2.05, 4.69) is 18.7 Å². The summed E-state index contributed by atoms with van der Waals surface area (Å²) in [6.45, 7) is 11.3. The highest BCUT2D eigenvalue weighted by atomic mass is 32.1. The fraction of sp³-hybridized carbons (Fsp3) is 0.786. The summed E-state index contributed by atoms with van der Waals surface area (Å²) in [7, 11) is 0. The second-order valence-electron chi connectivity index (χ2n) is 5.50. The average Bonchev–Trinajstić information content (AvgIpc) is 2.82. The van der Waals surface area contributed by atoms with Gasteiger partial charge < -0.3 is 10.5 Å². The average molecular weight is 283 g/mol. The molecule has 2 N–H and O–H groups in total. The summed E-state index contributed by atoms with van der Waals surface area (Å²) >= 11 is 1.79. The molecule has 1 aromatic rings. The van der Waals surface area contributed by atoms with Crippen LogP contribution in [0.3, 0.4) is 0 Å². The Bertz CT molecular complexity index is 372. The van der Waals surface area contributed by atoms with E-state index in [0.29, 0.717) is 5.92 Å². The molecule has 0 spiro atoms. The van der Waals surface area contributed by atoms with E-state index in [4.69, 9.17) is 15.5 Å². The van der Waals surface area contributed by atoms with E-state index >= 15 is 0 Å². The number of nitrogens with zero attached hydrogens (tertiary/aromatic N) is 2. The lowest BCUT2D eigenvalue weighted by Crippen LogP contribution is -2.37. The number of hydrogen-bond acceptors (Lipinski definition) is 5. The maximum atomic E-state index is 6.05. The minimum absolute atomic E-state index is 0.0898. The Morgan fingerprint density at radius 2 is 2.00 bits per heavy atom. The first kappa shape index (κ1) is 14.9. The van der Waals surface area contributed by atoms with E-state index in [0.717, 1.165) is 39.3 Å². The van der Waals surface area contributed by atoms with Crippen LogP contribution in [0.25, 0.3) is 0 Å². The molecule has 0 bridgehead atoms. The minimum atomic E-state index is 0.0898. The van der Waals surface area contributed by atoms with Crippen LogP contribution in [-0.4, -0.2) is 42.7 Å². The Morgan fingerprint density at radius 1 is 1.32 bits per heavy atom. The van der Waals surface area contributed by atoms with Crippen molar-refractivity contribution in [2.24, 2.45) is 5.73 Å². The fourth-order valence-corrected chi connectivity index (χ4v) is 3.48. The third kappa shape index (κ3) is 3.99. The minimum Gasteiger partial charge on any atom is -0.379 e. The van der Waals surface area contributed by atoms with Gasteiger partial charge in [-0.15, -0.1) is 11.3 Å². The number of hydrogen-bond donors (Lipinski definition) is 1. The zero-order chi connectivity index (χ0) is 13.8. The third-order valence-corrected chi connectivity index (χ3v) is 4.76. The highest BCUT2D eigenvalue weighted by molar-refractivity contribution is 7.11. The van der Waals surface area contributed by atoms with Crippen LogP contribution >= 0.6 is 11.3 Å². The van der Waals surface area contributed by atoms with Gasteiger partial charge in [-0.3, -0.25) is 4.90 Å². The van der Waals surface area contributed by atoms with Crippen LogP contribution in [0.15, 0.2) is 0 Å². The van der Waals surface area contributed by atoms with Gasteiger partial charge in [0.25, 0.3) is 0 Å². The summed E-state index contributed by atoms with van der Waals surface area (Å²) in [5.41, 5.74) is 7.24. The Morgan fingerprint density at radius 3 is 2.53 bits per heavy atom. The Hall–Kier alpha value is -0.490. The summed E-state index contributed by atoms with van der Waals surface area (Å²) in [5.74, 6) is 0.453. The van der Waals surface area contributed by atoms with E-state index in [-0.39, 0.29) is 6.04 Å². The topological polar surface area (TPSA) is 51.4 Å². The van der Waals surface area contributed by atoms with Gasteiger partial charge in [0, 0.05) is 37.0 Å². The lowest BCUT2D eigenvalue weighted by Gasteiger charge is -2.26. The lowest BCUT2D eigenvalue weighted by molar-refractivity contribution is 0.0384. The van der Waals surface area contributed by atoms with Crippen molar-refractivity contribution < 1.29 is 4.74 Å². The molecule has 1 saturated heterocycles. The summed E-state index contributed by atoms with van der Waals surface area (Å²) in [4.78, 5) is 8.50. The molecule has 0 saturated carbocycles. The van der Waals surface area contributed by atoms with Crippen molar-refractivity contribution in [2.75, 3.05) is 32.8 Å². The van der Waals surface area contributed by atoms with Crippen molar-refractivity contribution in [1.82, 2.24) is 9.88 Å². The van der Waals surface area contributed by atoms with Crippen LogP contribution in [0.4, 0.5) is 0 Å². The Balaban J connectivity index is 1.98. The first-order valence-corrected chi connectivity index (χ1v) is 7.94. The van der Waals surface area contributed by atoms with Gasteiger partial charge in [-0.25, -0.2) is 4.98 Å². The first-order valence-electron chi connectivity index (χ1n) is 7.13. The van der Waals surface area contributed by atoms with Crippen molar-refractivity contribution in [3.63, 3.8) is 0 Å². The summed E-state index contributed by atoms with van der Waals surface area (Å²) in [6.07, 6.45) is 1.02. The van der Waals surface area contributed by atoms with Crippen molar-refractivity contribution in [2.45, 2.75) is 39.2 Å². The molecule has 0 amide bonds. The van der Waals surface area contributed by atoms with Gasteiger partial charge in [-0.1, -0.05) is 13.8 Å². The fourth-order valence-electron chi connectivity index (χ4n) is 2.32. The maximum Gasteiger partial charge on any atom is 0.0944 e. The molecular formula is C14H25N3OS. The van der Waals surface area contributed by atoms with Gasteiger partial charge in [0.15, 0.2) is 0 Å². The predicted molar refractivity (Wildman–Crippen MR) is 79.8 cm³/mol. The summed E-state index contributed by atoms with van der Waals surface area (Å²) in [5, 5.41) is 1.22. The Labute approximate surface area is 120 Å². The van der Waals surface area contributed by atoms with Crippen LogP contribution in [0.1, 0.15) is 48.3 Å². The predicted octanol–water partition coefficient (Wildman–Crippen LogP) is 2.16. The van der Waals surface area contributed by atoms with Gasteiger partial charge in [0.1, 0.15) is 0 Å². The Kier molecular flexibility index (Phi) is 5.33. The maximum absolute atomic E-state index is 6.05. The molecular weight excluding hydrogens is 258 g/mol. The van der Waals surface area contributed by atoms with Gasteiger partial charge in [0.05, 0.1) is 23.9 Å². The second-order valence-corrected chi connectivity index (χ2v) is 6.62. The van der Waals surface area contributed by atoms with Crippen LogP contribution in [-0.2, 0) is 11.2 Å². The zero-order valence-electron chi connectivity index (χ0n) is 12.2. The molecule has 0 aliphatic carbocycles. The number of morpholine rings is 1. The van der Waals surface area contributed by atoms with Crippen LogP contribution < -0.4 is 5.73 Å². The standard InChI is InChI=1S/C14H25N3OS/c1-10(2)13-14(11(3)15)19-12(16-13)4-5-17-6-8-18-9-7-17/h10-11H,4-9,15H2,1-3H3. The smallest absolute Gasteiger partial charge is 0.0944 e. The van der Waals surface area contributed by atoms with E-state index in [1.165, 1.54) is 15.6 Å². The monoisotopic (exact) mass is 283 g/mol. The molecule has 0 aromatic carbocycles. The first-order chi connectivity index (χ1) is 9.08. The number of nitrogens with two attached hydrogens (primary N) is 1. The highest BCUT2D eigenvalue weighted by Crippen LogP contribution is 2.29. The third-order valence-electron chi connectivity index (χ3n) is 3.43. The molecule has 1 fully saturated rings. The van der Waals surface area contributed by atoms with Gasteiger partial charge in [-0.2, -0.15) is 0 Å². The largest absolute Gasteiger partial charge is 0.379 e. The normalized spacial score (nSPS) is 19.0. The van der Waals surface area contributed by atoms with E-state index in [9.17, 15) is 0 Å². The molecule has 1 aliphatic heterocycles. The molecule has 108 valence electrons. The summed E-state index contributed by atoms with van der Waals surface area (Å²) < 4.78 is 5.37. The van der Waals surface area contributed by atoms with E-state index in [1.54, 1.807) is 11.3 Å². The van der Waals surface area contributed by atoms with E-state index in [1.807, 2.05) is 6.92 Å². The lowest BCUT2D eigenvalue weighted by atomic mass is 10.1. The molecule has 1 atom stereocenters. The molecule has 2 heterocycles. The molecule has 5 heteroatoms. The molecule has 19 heavy (non-hydrogen) atoms. The quantitative estimate of drug-likeness (QED) is 0.900. The zero-order valence-corrected chi connectivity index (χ0v) is 13.0. The van der Waals surface area contributed by atoms with E-state index < -0.39 is 0 Å². The van der Waals surface area contributed by atoms with Crippen LogP contribution in [0.5, 0.6) is 0 Å². The number of aromatic nitrogens is 1. The van der Waals surface area contributed by atoms with Gasteiger partial charge >= 0.3 is 0 Å². The molecule has 1 unspecified atom stereocenters. The number of ether oxygens (including phenoxy) is 1. The molecule has 0 radical (unpaired) electrons. The van der Waals surface area contributed by atoms with Crippen molar-refractivity contribution in [1.29, 1.82) is 0 Å². The van der Waals surface area contributed by atoms with Crippen molar-refractivity contribution >= 4 is 11.3 Å². The molecule has 2 rings (SSSR count). The van der Waals surface area contributed by atoms with Crippen LogP contribution in [0.2, 0.25) is 0 Å². The second kappa shape index (κ2) is 6.79. The number of rotatable bonds is 5. The molecule has 1 aromatic heterocycles. The molecule has 4 nitrogen and oxygen atoms in total. The molecule has 1 aliphatic rings. The SMILES string of the molecule is CC(C)c1nc(CCN2CCOCC2)sc1C(C)N. The van der Waals surface area contributed by atoms with Gasteiger partial charge in [-0.05, 0) is 12.8 Å². The highest BCUT2D eigenvalue weighted by Gasteiger charge is 2.18. The van der Waals surface area contributed by atoms with Crippen LogP contribution in [0, 0.1) is 0 Å². The van der Waals surface area contributed by atoms with Crippen molar-refractivity contribution in [3.05, 3.63) is 15.6 Å². The van der Waals surface area contributed by atoms with Gasteiger partial charge in [0.2, 0.25) is 0 Å². The number of thiazole rings is 1. The summed E-state index contributed by atoms with van der Waals surface area (Å²) in [6, 6.07) is 0.0898.